The minimum absolute atomic E-state index is 0.115. The molecule has 4 N–H and O–H groups in total. The van der Waals surface area contributed by atoms with E-state index in [2.05, 4.69) is 15.2 Å². The Balaban J connectivity index is 1.53. The zero-order valence-electron chi connectivity index (χ0n) is 16.0. The molecule has 29 heavy (non-hydrogen) atoms. The molecule has 4 rings (SSSR count). The van der Waals surface area contributed by atoms with Gasteiger partial charge in [0.2, 0.25) is 5.91 Å². The highest BCUT2D eigenvalue weighted by Gasteiger charge is 2.24. The van der Waals surface area contributed by atoms with Crippen LogP contribution in [-0.4, -0.2) is 34.8 Å². The van der Waals surface area contributed by atoms with E-state index in [-0.39, 0.29) is 17.7 Å². The minimum atomic E-state index is -0.285. The first-order chi connectivity index (χ1) is 14.0. The topological polar surface area (TPSA) is 91.2 Å². The Bertz CT molecular complexity index is 1060. The van der Waals surface area contributed by atoms with Crippen molar-refractivity contribution in [3.63, 3.8) is 0 Å². The van der Waals surface area contributed by atoms with E-state index in [1.54, 1.807) is 0 Å². The average Bonchev–Trinajstić information content (AvgIpc) is 3.07. The maximum Gasteiger partial charge on any atom is 0.273 e. The fourth-order valence-electron chi connectivity index (χ4n) is 3.90. The number of H-pyrrole nitrogens is 1. The van der Waals surface area contributed by atoms with Gasteiger partial charge >= 0.3 is 0 Å². The van der Waals surface area contributed by atoms with Crippen molar-refractivity contribution < 1.29 is 9.59 Å². The molecule has 1 saturated heterocycles. The van der Waals surface area contributed by atoms with Gasteiger partial charge in [0, 0.05) is 29.7 Å². The van der Waals surface area contributed by atoms with Crippen molar-refractivity contribution in [2.45, 2.75) is 19.4 Å². The molecular formula is C22H23ClN4O2. The van der Waals surface area contributed by atoms with Crippen LogP contribution in [0.4, 0.5) is 5.69 Å². The molecule has 1 aliphatic heterocycles. The lowest BCUT2D eigenvalue weighted by atomic mass is 9.97. The number of fused-ring (bicyclic) bond motifs is 1. The van der Waals surface area contributed by atoms with Crippen LogP contribution in [0.25, 0.3) is 10.9 Å². The summed E-state index contributed by atoms with van der Waals surface area (Å²) in [7, 11) is 0. The number of aromatic nitrogens is 1. The zero-order chi connectivity index (χ0) is 20.4. The number of primary amides is 1. The second-order valence-electron chi connectivity index (χ2n) is 7.45. The number of likely N-dealkylation sites (tertiary alicyclic amines) is 1. The van der Waals surface area contributed by atoms with Crippen LogP contribution in [0.1, 0.15) is 28.9 Å². The molecule has 6 nitrogen and oxygen atoms in total. The summed E-state index contributed by atoms with van der Waals surface area (Å²) in [4.78, 5) is 29.7. The molecular weight excluding hydrogens is 388 g/mol. The number of carbonyl (C=O) groups is 2. The van der Waals surface area contributed by atoms with Gasteiger partial charge in [0.25, 0.3) is 5.91 Å². The van der Waals surface area contributed by atoms with Crippen molar-refractivity contribution in [2.75, 3.05) is 18.4 Å². The molecule has 1 aromatic heterocycles. The van der Waals surface area contributed by atoms with E-state index in [0.29, 0.717) is 23.8 Å². The number of nitrogens with two attached hydrogens (primary N) is 1. The summed E-state index contributed by atoms with van der Waals surface area (Å²) in [5.74, 6) is -0.646. The van der Waals surface area contributed by atoms with E-state index in [1.807, 2.05) is 48.5 Å². The molecule has 1 atom stereocenters. The highest BCUT2D eigenvalue weighted by atomic mass is 35.5. The van der Waals surface area contributed by atoms with Crippen molar-refractivity contribution >= 4 is 40.0 Å². The normalized spacial score (nSPS) is 17.3. The zero-order valence-corrected chi connectivity index (χ0v) is 16.7. The number of aromatic amines is 1. The average molecular weight is 411 g/mol. The molecule has 1 aliphatic rings. The molecule has 0 saturated carbocycles. The van der Waals surface area contributed by atoms with E-state index in [4.69, 9.17) is 17.3 Å². The number of rotatable bonds is 5. The lowest BCUT2D eigenvalue weighted by molar-refractivity contribution is -0.123. The molecule has 3 aromatic rings. The Labute approximate surface area is 174 Å². The first-order valence-electron chi connectivity index (χ1n) is 9.70. The molecule has 0 radical (unpaired) electrons. The number of nitrogens with one attached hydrogen (secondary N) is 2. The largest absolute Gasteiger partial charge is 0.369 e. The highest BCUT2D eigenvalue weighted by Crippen LogP contribution is 2.28. The summed E-state index contributed by atoms with van der Waals surface area (Å²) in [6.07, 6.45) is 1.77. The molecule has 1 unspecified atom stereocenters. The van der Waals surface area contributed by atoms with Gasteiger partial charge in [-0.25, -0.2) is 0 Å². The summed E-state index contributed by atoms with van der Waals surface area (Å²) in [5.41, 5.74) is 8.37. The fourth-order valence-corrected chi connectivity index (χ4v) is 4.20. The molecule has 2 heterocycles. The number of hydrogen-bond donors (Lipinski definition) is 3. The number of para-hydroxylation sites is 2. The van der Waals surface area contributed by atoms with Crippen LogP contribution in [0.2, 0.25) is 5.02 Å². The summed E-state index contributed by atoms with van der Waals surface area (Å²) < 4.78 is 0. The standard InChI is InChI=1S/C22H23ClN4O2/c23-19-16-8-2-4-10-18(16)25-20(19)22(29)26-17-9-3-1-6-14(17)12-27-11-5-7-15(13-27)21(24)28/h1-4,6,8-10,15,25H,5,7,11-13H2,(H2,24,28)(H,26,29). The quantitative estimate of drug-likeness (QED) is 0.597. The van der Waals surface area contributed by atoms with E-state index in [1.165, 1.54) is 0 Å². The Morgan fingerprint density at radius 3 is 2.72 bits per heavy atom. The molecule has 7 heteroatoms. The Morgan fingerprint density at radius 2 is 1.93 bits per heavy atom. The van der Waals surface area contributed by atoms with Crippen LogP contribution in [0, 0.1) is 5.92 Å². The summed E-state index contributed by atoms with van der Waals surface area (Å²) >= 11 is 6.42. The van der Waals surface area contributed by atoms with Gasteiger partial charge < -0.3 is 16.0 Å². The SMILES string of the molecule is NC(=O)C1CCCN(Cc2ccccc2NC(=O)c2[nH]c3ccccc3c2Cl)C1. The third-order valence-electron chi connectivity index (χ3n) is 5.44. The maximum atomic E-state index is 12.9. The lowest BCUT2D eigenvalue weighted by Crippen LogP contribution is -2.40. The first kappa shape index (κ1) is 19.5. The van der Waals surface area contributed by atoms with Crippen molar-refractivity contribution in [3.05, 3.63) is 64.8 Å². The van der Waals surface area contributed by atoms with Crippen molar-refractivity contribution in [3.8, 4) is 0 Å². The van der Waals surface area contributed by atoms with Crippen LogP contribution in [0.5, 0.6) is 0 Å². The van der Waals surface area contributed by atoms with Crippen LogP contribution in [0.3, 0.4) is 0 Å². The molecule has 150 valence electrons. The molecule has 0 aliphatic carbocycles. The van der Waals surface area contributed by atoms with E-state index in [9.17, 15) is 9.59 Å². The fraction of sp³-hybridized carbons (Fsp3) is 0.273. The van der Waals surface area contributed by atoms with Gasteiger partial charge in [0.05, 0.1) is 10.9 Å². The summed E-state index contributed by atoms with van der Waals surface area (Å²) in [6, 6.07) is 15.2. The van der Waals surface area contributed by atoms with Crippen LogP contribution >= 0.6 is 11.6 Å². The van der Waals surface area contributed by atoms with Gasteiger partial charge in [0.15, 0.2) is 0 Å². The smallest absolute Gasteiger partial charge is 0.273 e. The van der Waals surface area contributed by atoms with Crippen LogP contribution < -0.4 is 11.1 Å². The third-order valence-corrected chi connectivity index (χ3v) is 5.83. The van der Waals surface area contributed by atoms with Gasteiger partial charge in [-0.1, -0.05) is 48.0 Å². The van der Waals surface area contributed by atoms with Crippen molar-refractivity contribution in [1.29, 1.82) is 0 Å². The van der Waals surface area contributed by atoms with Crippen molar-refractivity contribution in [2.24, 2.45) is 11.7 Å². The van der Waals surface area contributed by atoms with Gasteiger partial charge in [-0.2, -0.15) is 0 Å². The van der Waals surface area contributed by atoms with Crippen LogP contribution in [0.15, 0.2) is 48.5 Å². The Kier molecular flexibility index (Phi) is 5.56. The summed E-state index contributed by atoms with van der Waals surface area (Å²) in [5, 5.41) is 4.21. The minimum Gasteiger partial charge on any atom is -0.369 e. The Hall–Kier alpha value is -2.83. The third kappa shape index (κ3) is 4.13. The number of nitrogens with zero attached hydrogens (tertiary/aromatic N) is 1. The van der Waals surface area contributed by atoms with Gasteiger partial charge in [-0.15, -0.1) is 0 Å². The second kappa shape index (κ2) is 8.27. The number of hydrogen-bond acceptors (Lipinski definition) is 3. The number of benzene rings is 2. The van der Waals surface area contributed by atoms with E-state index < -0.39 is 0 Å². The molecule has 0 spiro atoms. The van der Waals surface area contributed by atoms with Gasteiger partial charge in [-0.3, -0.25) is 14.5 Å². The monoisotopic (exact) mass is 410 g/mol. The van der Waals surface area contributed by atoms with Gasteiger partial charge in [0.1, 0.15) is 5.69 Å². The van der Waals surface area contributed by atoms with Crippen LogP contribution in [-0.2, 0) is 11.3 Å². The second-order valence-corrected chi connectivity index (χ2v) is 7.83. The highest BCUT2D eigenvalue weighted by molar-refractivity contribution is 6.39. The number of piperidine rings is 1. The molecule has 0 bridgehead atoms. The Morgan fingerprint density at radius 1 is 1.17 bits per heavy atom. The molecule has 2 amide bonds. The van der Waals surface area contributed by atoms with Gasteiger partial charge in [-0.05, 0) is 37.1 Å². The first-order valence-corrected chi connectivity index (χ1v) is 10.1. The van der Waals surface area contributed by atoms with E-state index in [0.717, 1.165) is 41.5 Å². The number of amides is 2. The number of halogens is 1. The maximum absolute atomic E-state index is 12.9. The van der Waals surface area contributed by atoms with Crippen molar-refractivity contribution in [1.82, 2.24) is 9.88 Å². The lowest BCUT2D eigenvalue weighted by Gasteiger charge is -2.31. The molecule has 2 aromatic carbocycles. The number of anilines is 1. The van der Waals surface area contributed by atoms with E-state index >= 15 is 0 Å². The predicted octanol–water partition coefficient (Wildman–Crippen LogP) is 3.77. The summed E-state index contributed by atoms with van der Waals surface area (Å²) in [6.45, 7) is 2.19. The predicted molar refractivity (Wildman–Crippen MR) is 115 cm³/mol. The molecule has 1 fully saturated rings. The number of carbonyl (C=O) groups excluding carboxylic acids is 2.